The lowest BCUT2D eigenvalue weighted by atomic mass is 9.99. The average molecular weight is 443 g/mol. The Bertz CT molecular complexity index is 1130. The Morgan fingerprint density at radius 3 is 2.06 bits per heavy atom. The first kappa shape index (κ1) is 22.3. The molecule has 0 saturated carbocycles. The first-order valence-electron chi connectivity index (χ1n) is 10.9. The quantitative estimate of drug-likeness (QED) is 0.539. The number of nitrogens with zero attached hydrogens (tertiary/aromatic N) is 2. The molecule has 1 aliphatic rings. The summed E-state index contributed by atoms with van der Waals surface area (Å²) in [5, 5.41) is 10.1. The van der Waals surface area contributed by atoms with Crippen LogP contribution in [-0.4, -0.2) is 35.1 Å². The van der Waals surface area contributed by atoms with E-state index in [1.165, 1.54) is 0 Å². The molecule has 1 heterocycles. The maximum atomic E-state index is 13.1. The molecule has 4 rings (SSSR count). The van der Waals surface area contributed by atoms with Crippen molar-refractivity contribution in [3.05, 3.63) is 113 Å². The molecule has 0 aliphatic carbocycles. The molecular formula is C27H26N2O4. The second-order valence-corrected chi connectivity index (χ2v) is 7.73. The van der Waals surface area contributed by atoms with Gasteiger partial charge in [-0.15, -0.1) is 0 Å². The zero-order chi connectivity index (χ0) is 23.2. The fourth-order valence-corrected chi connectivity index (χ4v) is 4.19. The molecule has 3 aromatic carbocycles. The molecule has 0 saturated heterocycles. The number of carbonyl (C=O) groups excluding carboxylic acids is 1. The van der Waals surface area contributed by atoms with Gasteiger partial charge >= 0.3 is 11.9 Å². The lowest BCUT2D eigenvalue weighted by Gasteiger charge is -2.45. The highest BCUT2D eigenvalue weighted by Gasteiger charge is 2.41. The van der Waals surface area contributed by atoms with Crippen molar-refractivity contribution in [2.45, 2.75) is 19.6 Å². The molecule has 0 bridgehead atoms. The van der Waals surface area contributed by atoms with E-state index in [2.05, 4.69) is 4.90 Å². The minimum Gasteiger partial charge on any atom is -0.478 e. The summed E-state index contributed by atoms with van der Waals surface area (Å²) >= 11 is 0. The number of aliphatic carboxylic acids is 1. The predicted molar refractivity (Wildman–Crippen MR) is 126 cm³/mol. The van der Waals surface area contributed by atoms with Crippen LogP contribution in [0.1, 0.15) is 24.2 Å². The van der Waals surface area contributed by atoms with Gasteiger partial charge in [-0.05, 0) is 30.2 Å². The molecule has 0 aromatic heterocycles. The molecule has 1 aliphatic heterocycles. The number of rotatable bonds is 7. The normalized spacial score (nSPS) is 16.5. The van der Waals surface area contributed by atoms with Gasteiger partial charge < -0.3 is 14.7 Å². The molecule has 33 heavy (non-hydrogen) atoms. The second kappa shape index (κ2) is 10.1. The van der Waals surface area contributed by atoms with Crippen molar-refractivity contribution in [2.24, 2.45) is 0 Å². The standard InChI is InChI=1S/C27H26N2O4/c1-2-33-27(32)24-23(26(30)31)19-28(18-20-12-6-3-7-13-20)25(21-14-8-4-9-15-21)29(24)22-16-10-5-11-17-22/h3-17,25H,2,18-19H2,1H3,(H,30,31). The third-order valence-corrected chi connectivity index (χ3v) is 5.57. The summed E-state index contributed by atoms with van der Waals surface area (Å²) in [5.41, 5.74) is 2.79. The van der Waals surface area contributed by atoms with Gasteiger partial charge in [0.15, 0.2) is 0 Å². The van der Waals surface area contributed by atoms with Gasteiger partial charge in [0.05, 0.1) is 12.2 Å². The molecule has 6 heteroatoms. The van der Waals surface area contributed by atoms with Crippen LogP contribution in [0.15, 0.2) is 102 Å². The Morgan fingerprint density at radius 2 is 1.48 bits per heavy atom. The summed E-state index contributed by atoms with van der Waals surface area (Å²) in [4.78, 5) is 29.4. The van der Waals surface area contributed by atoms with Crippen molar-refractivity contribution in [1.29, 1.82) is 0 Å². The minimum atomic E-state index is -1.14. The van der Waals surface area contributed by atoms with Crippen LogP contribution in [0.2, 0.25) is 0 Å². The molecule has 0 fully saturated rings. The molecular weight excluding hydrogens is 416 g/mol. The Morgan fingerprint density at radius 1 is 0.909 bits per heavy atom. The van der Waals surface area contributed by atoms with Crippen LogP contribution in [-0.2, 0) is 20.9 Å². The van der Waals surface area contributed by atoms with Gasteiger partial charge in [-0.2, -0.15) is 0 Å². The maximum absolute atomic E-state index is 13.1. The molecule has 0 spiro atoms. The Labute approximate surface area is 193 Å². The highest BCUT2D eigenvalue weighted by Crippen LogP contribution is 2.40. The van der Waals surface area contributed by atoms with Gasteiger partial charge in [0.25, 0.3) is 0 Å². The van der Waals surface area contributed by atoms with Crippen molar-refractivity contribution in [1.82, 2.24) is 4.90 Å². The van der Waals surface area contributed by atoms with E-state index < -0.39 is 18.1 Å². The summed E-state index contributed by atoms with van der Waals surface area (Å²) in [6.45, 7) is 2.48. The van der Waals surface area contributed by atoms with Crippen molar-refractivity contribution in [3.63, 3.8) is 0 Å². The fourth-order valence-electron chi connectivity index (χ4n) is 4.19. The van der Waals surface area contributed by atoms with Crippen LogP contribution >= 0.6 is 0 Å². The van der Waals surface area contributed by atoms with E-state index in [1.54, 1.807) is 11.8 Å². The molecule has 3 aromatic rings. The largest absolute Gasteiger partial charge is 0.478 e. The molecule has 6 nitrogen and oxygen atoms in total. The maximum Gasteiger partial charge on any atom is 0.355 e. The van der Waals surface area contributed by atoms with Gasteiger partial charge in [0.2, 0.25) is 0 Å². The topological polar surface area (TPSA) is 70.1 Å². The lowest BCUT2D eigenvalue weighted by molar-refractivity contribution is -0.140. The SMILES string of the molecule is CCOC(=O)C1=C(C(=O)O)CN(Cc2ccccc2)C(c2ccccc2)N1c1ccccc1. The van der Waals surface area contributed by atoms with E-state index in [0.717, 1.165) is 11.1 Å². The monoisotopic (exact) mass is 442 g/mol. The van der Waals surface area contributed by atoms with Crippen molar-refractivity contribution < 1.29 is 19.4 Å². The first-order valence-corrected chi connectivity index (χ1v) is 10.9. The fraction of sp³-hybridized carbons (Fsp3) is 0.185. The lowest BCUT2D eigenvalue weighted by Crippen LogP contribution is -2.49. The number of hydrogen-bond acceptors (Lipinski definition) is 5. The van der Waals surface area contributed by atoms with E-state index in [9.17, 15) is 14.7 Å². The second-order valence-electron chi connectivity index (χ2n) is 7.73. The number of carboxylic acids is 1. The highest BCUT2D eigenvalue weighted by molar-refractivity contribution is 6.03. The highest BCUT2D eigenvalue weighted by atomic mass is 16.5. The zero-order valence-corrected chi connectivity index (χ0v) is 18.4. The molecule has 1 N–H and O–H groups in total. The van der Waals surface area contributed by atoms with Crippen LogP contribution in [0, 0.1) is 0 Å². The van der Waals surface area contributed by atoms with E-state index in [1.807, 2.05) is 91.0 Å². The van der Waals surface area contributed by atoms with Crippen molar-refractivity contribution in [3.8, 4) is 0 Å². The summed E-state index contributed by atoms with van der Waals surface area (Å²) in [5.74, 6) is -1.78. The number of anilines is 1. The summed E-state index contributed by atoms with van der Waals surface area (Å²) in [6, 6.07) is 29.1. The molecule has 0 radical (unpaired) electrons. The average Bonchev–Trinajstić information content (AvgIpc) is 2.85. The number of carbonyl (C=O) groups is 2. The van der Waals surface area contributed by atoms with Gasteiger partial charge in [0.1, 0.15) is 11.9 Å². The number of para-hydroxylation sites is 1. The smallest absolute Gasteiger partial charge is 0.355 e. The third kappa shape index (κ3) is 4.81. The third-order valence-electron chi connectivity index (χ3n) is 5.57. The Hall–Kier alpha value is -3.90. The minimum absolute atomic E-state index is 0.0143. The summed E-state index contributed by atoms with van der Waals surface area (Å²) < 4.78 is 5.33. The van der Waals surface area contributed by atoms with Gasteiger partial charge in [-0.1, -0.05) is 78.9 Å². The van der Waals surface area contributed by atoms with Crippen molar-refractivity contribution in [2.75, 3.05) is 18.1 Å². The molecule has 0 amide bonds. The first-order chi connectivity index (χ1) is 16.1. The van der Waals surface area contributed by atoms with E-state index in [4.69, 9.17) is 4.74 Å². The van der Waals surface area contributed by atoms with Crippen molar-refractivity contribution >= 4 is 17.6 Å². The van der Waals surface area contributed by atoms with Crippen LogP contribution < -0.4 is 4.90 Å². The van der Waals surface area contributed by atoms with Gasteiger partial charge in [-0.3, -0.25) is 4.90 Å². The predicted octanol–water partition coefficient (Wildman–Crippen LogP) is 4.61. The van der Waals surface area contributed by atoms with Crippen LogP contribution in [0.4, 0.5) is 5.69 Å². The van der Waals surface area contributed by atoms with E-state index in [0.29, 0.717) is 12.2 Å². The Balaban J connectivity index is 1.94. The van der Waals surface area contributed by atoms with E-state index in [-0.39, 0.29) is 24.4 Å². The van der Waals surface area contributed by atoms with Crippen LogP contribution in [0.25, 0.3) is 0 Å². The number of esters is 1. The Kier molecular flexibility index (Phi) is 6.86. The van der Waals surface area contributed by atoms with Gasteiger partial charge in [-0.25, -0.2) is 9.59 Å². The number of hydrogen-bond donors (Lipinski definition) is 1. The number of carboxylic acid groups (broad SMARTS) is 1. The number of ether oxygens (including phenoxy) is 1. The zero-order valence-electron chi connectivity index (χ0n) is 18.4. The van der Waals surface area contributed by atoms with Crippen LogP contribution in [0.3, 0.4) is 0 Å². The molecule has 1 atom stereocenters. The van der Waals surface area contributed by atoms with Crippen LogP contribution in [0.5, 0.6) is 0 Å². The molecule has 1 unspecified atom stereocenters. The molecule has 168 valence electrons. The van der Waals surface area contributed by atoms with E-state index >= 15 is 0 Å². The number of benzene rings is 3. The summed E-state index contributed by atoms with van der Waals surface area (Å²) in [7, 11) is 0. The summed E-state index contributed by atoms with van der Waals surface area (Å²) in [6.07, 6.45) is -0.406. The van der Waals surface area contributed by atoms with Gasteiger partial charge in [0, 0.05) is 18.8 Å².